The molecule has 0 amide bonds. The van der Waals surface area contributed by atoms with Gasteiger partial charge in [0.25, 0.3) is 0 Å². The first-order valence-electron chi connectivity index (χ1n) is 4.92. The van der Waals surface area contributed by atoms with Gasteiger partial charge in [0, 0.05) is 0 Å². The van der Waals surface area contributed by atoms with Gasteiger partial charge in [-0.3, -0.25) is 0 Å². The number of carbonyl (C=O) groups is 1. The number of carbonyl (C=O) groups excluding carboxylic acids is 1. The molecular weight excluding hydrogens is 194 g/mol. The Labute approximate surface area is 88.9 Å². The maximum absolute atomic E-state index is 11.0. The van der Waals surface area contributed by atoms with Gasteiger partial charge in [-0.2, -0.15) is 5.90 Å². The topological polar surface area (TPSA) is 61.5 Å². The fraction of sp³-hybridized carbons (Fsp3) is 0.364. The first-order valence-corrected chi connectivity index (χ1v) is 4.92. The Morgan fingerprint density at radius 1 is 1.33 bits per heavy atom. The Morgan fingerprint density at radius 3 is 2.53 bits per heavy atom. The zero-order valence-electron chi connectivity index (χ0n) is 8.73. The van der Waals surface area contributed by atoms with Crippen molar-refractivity contribution in [3.8, 4) is 5.75 Å². The summed E-state index contributed by atoms with van der Waals surface area (Å²) in [5.74, 6) is 4.96. The van der Waals surface area contributed by atoms with Crippen molar-refractivity contribution in [1.29, 1.82) is 0 Å². The second-order valence-electron chi connectivity index (χ2n) is 3.13. The molecule has 0 saturated carbocycles. The lowest BCUT2D eigenvalue weighted by Crippen LogP contribution is -2.09. The maximum atomic E-state index is 11.0. The van der Waals surface area contributed by atoms with Crippen LogP contribution in [-0.2, 0) is 4.84 Å². The standard InChI is InChI=1S/C11H15NO3/c1-2-3-8-14-10-6-4-9(5-7-10)11(13)15-12/h4-7H,2-3,8,12H2,1H3. The molecule has 0 bridgehead atoms. The average Bonchev–Trinajstić information content (AvgIpc) is 2.29. The van der Waals surface area contributed by atoms with E-state index in [1.54, 1.807) is 24.3 Å². The molecule has 2 N–H and O–H groups in total. The van der Waals surface area contributed by atoms with E-state index in [9.17, 15) is 4.79 Å². The lowest BCUT2D eigenvalue weighted by molar-refractivity contribution is 0.0503. The summed E-state index contributed by atoms with van der Waals surface area (Å²) in [6.45, 7) is 2.79. The van der Waals surface area contributed by atoms with Crippen molar-refractivity contribution >= 4 is 5.97 Å². The monoisotopic (exact) mass is 209 g/mol. The first kappa shape index (κ1) is 11.5. The van der Waals surface area contributed by atoms with E-state index in [2.05, 4.69) is 11.8 Å². The van der Waals surface area contributed by atoms with Crippen LogP contribution in [0.4, 0.5) is 0 Å². The van der Waals surface area contributed by atoms with Gasteiger partial charge in [0.2, 0.25) is 0 Å². The summed E-state index contributed by atoms with van der Waals surface area (Å²) in [6, 6.07) is 6.69. The quantitative estimate of drug-likeness (QED) is 0.594. The number of unbranched alkanes of at least 4 members (excludes halogenated alkanes) is 1. The minimum absolute atomic E-state index is 0.417. The van der Waals surface area contributed by atoms with Crippen molar-refractivity contribution in [3.05, 3.63) is 29.8 Å². The van der Waals surface area contributed by atoms with Crippen molar-refractivity contribution in [2.75, 3.05) is 6.61 Å². The van der Waals surface area contributed by atoms with Crippen LogP contribution in [0.25, 0.3) is 0 Å². The third-order valence-electron chi connectivity index (χ3n) is 1.96. The molecule has 0 aliphatic heterocycles. The summed E-state index contributed by atoms with van der Waals surface area (Å²) in [5.41, 5.74) is 0.417. The van der Waals surface area contributed by atoms with E-state index in [0.29, 0.717) is 12.2 Å². The van der Waals surface area contributed by atoms with Crippen molar-refractivity contribution in [2.45, 2.75) is 19.8 Å². The SMILES string of the molecule is CCCCOc1ccc(C(=O)ON)cc1. The summed E-state index contributed by atoms with van der Waals surface area (Å²) in [4.78, 5) is 15.1. The van der Waals surface area contributed by atoms with Gasteiger partial charge in [0.1, 0.15) is 5.75 Å². The fourth-order valence-corrected chi connectivity index (χ4v) is 1.09. The number of ether oxygens (including phenoxy) is 1. The van der Waals surface area contributed by atoms with Crippen molar-refractivity contribution in [2.24, 2.45) is 5.90 Å². The molecule has 0 aliphatic carbocycles. The molecule has 1 aromatic carbocycles. The summed E-state index contributed by atoms with van der Waals surface area (Å²) in [5, 5.41) is 0. The molecule has 0 unspecified atom stereocenters. The van der Waals surface area contributed by atoms with Crippen molar-refractivity contribution in [1.82, 2.24) is 0 Å². The van der Waals surface area contributed by atoms with Crippen LogP contribution in [0.5, 0.6) is 5.75 Å². The van der Waals surface area contributed by atoms with E-state index in [1.165, 1.54) is 0 Å². The molecule has 15 heavy (non-hydrogen) atoms. The molecule has 4 heteroatoms. The van der Waals surface area contributed by atoms with E-state index in [0.717, 1.165) is 18.6 Å². The molecule has 0 spiro atoms. The molecule has 0 heterocycles. The second-order valence-corrected chi connectivity index (χ2v) is 3.13. The maximum Gasteiger partial charge on any atom is 0.356 e. The van der Waals surface area contributed by atoms with Crippen LogP contribution in [0, 0.1) is 0 Å². The Kier molecular flexibility index (Phi) is 4.63. The predicted octanol–water partition coefficient (Wildman–Crippen LogP) is 1.90. The molecule has 0 aliphatic rings. The molecule has 0 saturated heterocycles. The number of benzene rings is 1. The Balaban J connectivity index is 2.52. The fourth-order valence-electron chi connectivity index (χ4n) is 1.09. The van der Waals surface area contributed by atoms with E-state index in [4.69, 9.17) is 10.6 Å². The molecule has 1 aromatic rings. The number of hydrogen-bond acceptors (Lipinski definition) is 4. The first-order chi connectivity index (χ1) is 7.27. The predicted molar refractivity (Wildman–Crippen MR) is 56.4 cm³/mol. The van der Waals surface area contributed by atoms with Crippen LogP contribution >= 0.6 is 0 Å². The minimum atomic E-state index is -0.546. The van der Waals surface area contributed by atoms with Gasteiger partial charge < -0.3 is 9.57 Å². The van der Waals surface area contributed by atoms with Crippen molar-refractivity contribution < 1.29 is 14.4 Å². The van der Waals surface area contributed by atoms with Crippen LogP contribution in [0.2, 0.25) is 0 Å². The summed E-state index contributed by atoms with van der Waals surface area (Å²) in [7, 11) is 0. The summed E-state index contributed by atoms with van der Waals surface area (Å²) in [6.07, 6.45) is 2.12. The molecule has 4 nitrogen and oxygen atoms in total. The largest absolute Gasteiger partial charge is 0.494 e. The van der Waals surface area contributed by atoms with Gasteiger partial charge in [-0.1, -0.05) is 13.3 Å². The van der Waals surface area contributed by atoms with E-state index >= 15 is 0 Å². The minimum Gasteiger partial charge on any atom is -0.494 e. The highest BCUT2D eigenvalue weighted by atomic mass is 16.7. The Hall–Kier alpha value is -1.55. The van der Waals surface area contributed by atoms with E-state index < -0.39 is 5.97 Å². The molecular formula is C11H15NO3. The smallest absolute Gasteiger partial charge is 0.356 e. The molecule has 1 rings (SSSR count). The van der Waals surface area contributed by atoms with Gasteiger partial charge in [0.05, 0.1) is 12.2 Å². The number of nitrogens with two attached hydrogens (primary N) is 1. The molecule has 82 valence electrons. The Bertz CT molecular complexity index is 308. The Morgan fingerprint density at radius 2 is 2.00 bits per heavy atom. The zero-order chi connectivity index (χ0) is 11.1. The second kappa shape index (κ2) is 6.03. The lowest BCUT2D eigenvalue weighted by atomic mass is 10.2. The highest BCUT2D eigenvalue weighted by Gasteiger charge is 2.04. The lowest BCUT2D eigenvalue weighted by Gasteiger charge is -2.05. The zero-order valence-corrected chi connectivity index (χ0v) is 8.73. The van der Waals surface area contributed by atoms with Crippen LogP contribution < -0.4 is 10.6 Å². The van der Waals surface area contributed by atoms with Crippen LogP contribution in [-0.4, -0.2) is 12.6 Å². The number of hydrogen-bond donors (Lipinski definition) is 1. The summed E-state index contributed by atoms with van der Waals surface area (Å²) >= 11 is 0. The van der Waals surface area contributed by atoms with E-state index in [-0.39, 0.29) is 0 Å². The van der Waals surface area contributed by atoms with Crippen LogP contribution in [0.1, 0.15) is 30.1 Å². The van der Waals surface area contributed by atoms with Gasteiger partial charge in [-0.05, 0) is 30.7 Å². The molecule has 0 radical (unpaired) electrons. The van der Waals surface area contributed by atoms with Gasteiger partial charge in [-0.15, -0.1) is 0 Å². The highest BCUT2D eigenvalue weighted by Crippen LogP contribution is 2.12. The van der Waals surface area contributed by atoms with Crippen LogP contribution in [0.3, 0.4) is 0 Å². The van der Waals surface area contributed by atoms with Crippen LogP contribution in [0.15, 0.2) is 24.3 Å². The third kappa shape index (κ3) is 3.59. The van der Waals surface area contributed by atoms with Gasteiger partial charge in [0.15, 0.2) is 0 Å². The summed E-state index contributed by atoms with van der Waals surface area (Å²) < 4.78 is 5.43. The number of rotatable bonds is 5. The normalized spacial score (nSPS) is 9.73. The molecule has 0 fully saturated rings. The van der Waals surface area contributed by atoms with E-state index in [1.807, 2.05) is 0 Å². The molecule has 0 atom stereocenters. The van der Waals surface area contributed by atoms with Crippen molar-refractivity contribution in [3.63, 3.8) is 0 Å². The molecule has 0 aromatic heterocycles. The average molecular weight is 209 g/mol. The highest BCUT2D eigenvalue weighted by molar-refractivity contribution is 5.89. The van der Waals surface area contributed by atoms with Gasteiger partial charge in [-0.25, -0.2) is 4.79 Å². The van der Waals surface area contributed by atoms with Gasteiger partial charge >= 0.3 is 5.97 Å². The third-order valence-corrected chi connectivity index (χ3v) is 1.96.